The van der Waals surface area contributed by atoms with Crippen LogP contribution in [-0.4, -0.2) is 40.5 Å². The molecule has 244 valence electrons. The molecule has 2 atom stereocenters. The van der Waals surface area contributed by atoms with Gasteiger partial charge in [0.2, 0.25) is 0 Å². The van der Waals surface area contributed by atoms with Gasteiger partial charge in [-0.05, 0) is 83.3 Å². The van der Waals surface area contributed by atoms with Gasteiger partial charge in [-0.1, -0.05) is 78.5 Å². The molecule has 1 heterocycles. The maximum Gasteiger partial charge on any atom is 0.445 e. The molecule has 1 amide bonds. The van der Waals surface area contributed by atoms with E-state index in [-0.39, 0.29) is 28.4 Å². The quantitative estimate of drug-likeness (QED) is 0.106. The Bertz CT molecular complexity index is 1900. The Kier molecular flexibility index (Phi) is 10.1. The molecule has 0 aliphatic carbocycles. The molecule has 0 aromatic heterocycles. The molecule has 0 spiro atoms. The first kappa shape index (κ1) is 33.5. The van der Waals surface area contributed by atoms with E-state index in [1.807, 2.05) is 78.9 Å². The first-order valence-electron chi connectivity index (χ1n) is 15.3. The molecule has 1 saturated heterocycles. The van der Waals surface area contributed by atoms with Gasteiger partial charge in [-0.3, -0.25) is 14.5 Å². The van der Waals surface area contributed by atoms with Gasteiger partial charge in [0, 0.05) is 28.5 Å². The Morgan fingerprint density at radius 2 is 1.40 bits per heavy atom. The van der Waals surface area contributed by atoms with Gasteiger partial charge in [0.05, 0.1) is 20.3 Å². The van der Waals surface area contributed by atoms with Gasteiger partial charge in [-0.2, -0.15) is 13.9 Å². The number of rotatable bonds is 11. The second-order valence-corrected chi connectivity index (χ2v) is 14.8. The number of anilines is 1. The van der Waals surface area contributed by atoms with Crippen molar-refractivity contribution in [2.45, 2.75) is 24.1 Å². The van der Waals surface area contributed by atoms with E-state index < -0.39 is 19.8 Å². The average molecular weight is 683 g/mol. The Labute approximate surface area is 283 Å². The van der Waals surface area contributed by atoms with Gasteiger partial charge in [0.25, 0.3) is 5.24 Å². The monoisotopic (exact) mass is 682 g/mol. The van der Waals surface area contributed by atoms with Crippen molar-refractivity contribution in [3.05, 3.63) is 138 Å². The number of hydrogen-bond acceptors (Lipinski definition) is 7. The zero-order chi connectivity index (χ0) is 33.8. The summed E-state index contributed by atoms with van der Waals surface area (Å²) < 4.78 is 23.9. The lowest BCUT2D eigenvalue weighted by Crippen LogP contribution is -2.29. The van der Waals surface area contributed by atoms with Crippen LogP contribution in [0.3, 0.4) is 0 Å². The molecule has 0 saturated carbocycles. The third-order valence-corrected chi connectivity index (χ3v) is 11.7. The van der Waals surface area contributed by atoms with Gasteiger partial charge in [0.15, 0.2) is 11.1 Å². The molecule has 1 aliphatic heterocycles. The number of carbonyl (C=O) groups excluding carboxylic acids is 2. The number of benzene rings is 5. The molecule has 0 unspecified atom stereocenters. The van der Waals surface area contributed by atoms with Crippen molar-refractivity contribution in [3.8, 4) is 28.0 Å². The summed E-state index contributed by atoms with van der Waals surface area (Å²) in [5.41, 5.74) is 5.23. The van der Waals surface area contributed by atoms with Gasteiger partial charge in [-0.25, -0.2) is 4.39 Å². The van der Waals surface area contributed by atoms with Crippen LogP contribution in [0.15, 0.2) is 121 Å². The van der Waals surface area contributed by atoms with Crippen LogP contribution in [0.1, 0.15) is 34.8 Å². The van der Waals surface area contributed by atoms with Crippen molar-refractivity contribution >= 4 is 41.7 Å². The minimum absolute atomic E-state index is 0.00966. The number of amides is 1. The molecule has 10 heteroatoms. The molecule has 1 aliphatic rings. The maximum atomic E-state index is 13.7. The minimum Gasteiger partial charge on any atom is -0.508 e. The molecule has 7 nitrogen and oxygen atoms in total. The fraction of sp³-hybridized carbons (Fsp3) is 0.158. The lowest BCUT2D eigenvalue weighted by Gasteiger charge is -2.28. The summed E-state index contributed by atoms with van der Waals surface area (Å²) in [6.45, 7) is 0. The van der Waals surface area contributed by atoms with E-state index in [0.717, 1.165) is 34.0 Å². The van der Waals surface area contributed by atoms with Crippen LogP contribution >= 0.6 is 19.7 Å². The zero-order valence-corrected chi connectivity index (χ0v) is 28.0. The molecule has 1 fully saturated rings. The number of ketones is 1. The predicted octanol–water partition coefficient (Wildman–Crippen LogP) is 8.98. The summed E-state index contributed by atoms with van der Waals surface area (Å²) >= 11 is 1.15. The first-order chi connectivity index (χ1) is 23.2. The Morgan fingerprint density at radius 1 is 0.812 bits per heavy atom. The van der Waals surface area contributed by atoms with Crippen LogP contribution in [-0.2, 0) is 9.05 Å². The Balaban J connectivity index is 1.32. The van der Waals surface area contributed by atoms with E-state index in [2.05, 4.69) is 0 Å². The van der Waals surface area contributed by atoms with Crippen molar-refractivity contribution in [1.29, 1.82) is 0 Å². The molecule has 6 rings (SSSR count). The summed E-state index contributed by atoms with van der Waals surface area (Å²) in [4.78, 5) is 39.0. The summed E-state index contributed by atoms with van der Waals surface area (Å²) in [5.74, 6) is -0.553. The third-order valence-electron chi connectivity index (χ3n) is 8.52. The smallest absolute Gasteiger partial charge is 0.445 e. The summed E-state index contributed by atoms with van der Waals surface area (Å²) in [6, 6.07) is 35.0. The maximum absolute atomic E-state index is 13.7. The summed E-state index contributed by atoms with van der Waals surface area (Å²) in [6.07, 6.45) is 0.514. The number of nitrogens with zero attached hydrogens (tertiary/aromatic N) is 1. The highest BCUT2D eigenvalue weighted by molar-refractivity contribution is 8.14. The van der Waals surface area contributed by atoms with Crippen molar-refractivity contribution in [2.75, 3.05) is 19.1 Å². The number of halogens is 1. The normalized spacial score (nSPS) is 16.3. The number of hydrogen-bond donors (Lipinski definition) is 2. The average Bonchev–Trinajstić information content (AvgIpc) is 3.46. The van der Waals surface area contributed by atoms with Crippen LogP contribution in [0.4, 0.5) is 14.9 Å². The van der Waals surface area contributed by atoms with Gasteiger partial charge >= 0.3 is 7.94 Å². The molecule has 5 aromatic carbocycles. The number of carbonyl (C=O) groups is 2. The first-order valence-corrected chi connectivity index (χ1v) is 17.8. The largest absolute Gasteiger partial charge is 0.508 e. The third kappa shape index (κ3) is 6.92. The number of thioether (sulfide) groups is 1. The molecular weight excluding hydrogens is 648 g/mol. The molecule has 0 radical (unpaired) electrons. The predicted molar refractivity (Wildman–Crippen MR) is 190 cm³/mol. The number of phenols is 1. The van der Waals surface area contributed by atoms with Crippen molar-refractivity contribution < 1.29 is 33.0 Å². The molecule has 2 N–H and O–H groups in total. The highest BCUT2D eigenvalue weighted by Gasteiger charge is 2.44. The number of aromatic hydroxyl groups is 1. The van der Waals surface area contributed by atoms with Gasteiger partial charge < -0.3 is 5.11 Å². The van der Waals surface area contributed by atoms with E-state index in [9.17, 15) is 24.0 Å². The molecular formula is C38H34FNO6PS+. The number of Topliss-reactive ketones (excluding diaryl/α,β-unsaturated/α-hetero) is 1. The highest BCUT2D eigenvalue weighted by Crippen LogP contribution is 2.54. The Morgan fingerprint density at radius 3 is 2.02 bits per heavy atom. The van der Waals surface area contributed by atoms with Crippen LogP contribution in [0.25, 0.3) is 22.3 Å². The lowest BCUT2D eigenvalue weighted by molar-refractivity contribution is 0.0979. The topological polar surface area (TPSA) is 96.3 Å². The van der Waals surface area contributed by atoms with Crippen molar-refractivity contribution in [3.63, 3.8) is 0 Å². The van der Waals surface area contributed by atoms with Crippen LogP contribution in [0, 0.1) is 5.82 Å². The second kappa shape index (κ2) is 14.4. The van der Waals surface area contributed by atoms with Gasteiger partial charge in [-0.15, -0.1) is 0 Å². The molecule has 48 heavy (non-hydrogen) atoms. The zero-order valence-electron chi connectivity index (χ0n) is 26.3. The summed E-state index contributed by atoms with van der Waals surface area (Å²) in [7, 11) is -0.383. The second-order valence-electron chi connectivity index (χ2n) is 11.3. The van der Waals surface area contributed by atoms with E-state index in [4.69, 9.17) is 9.05 Å². The van der Waals surface area contributed by atoms with E-state index in [1.165, 1.54) is 38.5 Å². The highest BCUT2D eigenvalue weighted by atomic mass is 32.2. The molecule has 5 aromatic rings. The van der Waals surface area contributed by atoms with Crippen LogP contribution in [0.5, 0.6) is 5.75 Å². The SMILES string of the molecule is CO[P+](O)(OC)c1ccc(-c2ccc([C@@H]3[C@@H](CCC(=O)c4ccc(F)cc4)SC(=O)N3c3ccc(-c4ccccc4)cc3)c(O)c2)cc1. The van der Waals surface area contributed by atoms with E-state index >= 15 is 0 Å². The fourth-order valence-electron chi connectivity index (χ4n) is 5.95. The lowest BCUT2D eigenvalue weighted by atomic mass is 9.93. The van der Waals surface area contributed by atoms with E-state index in [1.54, 1.807) is 23.1 Å². The number of phenolic OH excluding ortho intramolecular Hbond substituents is 1. The minimum atomic E-state index is -3.16. The van der Waals surface area contributed by atoms with Crippen LogP contribution < -0.4 is 10.2 Å². The van der Waals surface area contributed by atoms with E-state index in [0.29, 0.717) is 28.5 Å². The fourth-order valence-corrected chi connectivity index (χ4v) is 8.27. The standard InChI is InChI=1S/C38H33FNO6PS/c1-45-47(44,46-2)32-19-12-27(13-20-32)29-14-21-33(35(42)24-29)37-36(23-22-34(41)28-8-15-30(39)16-9-28)48-38(43)40(37)31-17-10-26(11-18-31)25-6-4-3-5-7-25/h3-21,24,36-37,44H,22-23H2,1-2H3/p+1/t36-,37-/m1/s1. The molecule has 0 bridgehead atoms. The van der Waals surface area contributed by atoms with Gasteiger partial charge in [0.1, 0.15) is 11.6 Å². The van der Waals surface area contributed by atoms with Crippen molar-refractivity contribution in [2.24, 2.45) is 0 Å². The van der Waals surface area contributed by atoms with Crippen LogP contribution in [0.2, 0.25) is 0 Å². The Hall–Kier alpha value is -4.37. The van der Waals surface area contributed by atoms with Crippen molar-refractivity contribution in [1.82, 2.24) is 0 Å². The summed E-state index contributed by atoms with van der Waals surface area (Å²) in [5, 5.41) is 11.5.